The van der Waals surface area contributed by atoms with Gasteiger partial charge in [0.2, 0.25) is 11.8 Å². The molecule has 1 aliphatic rings. The van der Waals surface area contributed by atoms with Crippen molar-refractivity contribution in [3.63, 3.8) is 0 Å². The van der Waals surface area contributed by atoms with E-state index in [0.717, 1.165) is 0 Å². The zero-order valence-electron chi connectivity index (χ0n) is 15.0. The van der Waals surface area contributed by atoms with Crippen LogP contribution in [0.5, 0.6) is 5.88 Å². The van der Waals surface area contributed by atoms with Crippen molar-refractivity contribution in [2.24, 2.45) is 0 Å². The second-order valence-electron chi connectivity index (χ2n) is 6.29. The van der Waals surface area contributed by atoms with Gasteiger partial charge in [0.1, 0.15) is 5.15 Å². The van der Waals surface area contributed by atoms with Crippen molar-refractivity contribution in [2.75, 3.05) is 13.7 Å². The molecule has 1 aliphatic heterocycles. The van der Waals surface area contributed by atoms with Crippen LogP contribution in [-0.2, 0) is 11.3 Å². The Bertz CT molecular complexity index is 909. The molecule has 0 aromatic carbocycles. The Morgan fingerprint density at radius 3 is 2.82 bits per heavy atom. The van der Waals surface area contributed by atoms with Crippen molar-refractivity contribution in [3.8, 4) is 17.1 Å². The molecule has 3 heterocycles. The lowest BCUT2D eigenvalue weighted by Gasteiger charge is -2.23. The van der Waals surface area contributed by atoms with Gasteiger partial charge in [-0.25, -0.2) is 14.8 Å². The third kappa shape index (κ3) is 4.45. The van der Waals surface area contributed by atoms with E-state index in [1.807, 2.05) is 0 Å². The Morgan fingerprint density at radius 2 is 2.18 bits per heavy atom. The summed E-state index contributed by atoms with van der Waals surface area (Å²) in [6, 6.07) is 4.93. The Balaban J connectivity index is 1.83. The highest BCUT2D eigenvalue weighted by Gasteiger charge is 2.26. The summed E-state index contributed by atoms with van der Waals surface area (Å²) in [5.74, 6) is 0.218. The smallest absolute Gasteiger partial charge is 0.407 e. The summed E-state index contributed by atoms with van der Waals surface area (Å²) in [7, 11) is 1.46. The molecule has 10 heteroatoms. The Hall–Kier alpha value is -2.58. The summed E-state index contributed by atoms with van der Waals surface area (Å²) >= 11 is 12.2. The van der Waals surface area contributed by atoms with E-state index in [0.29, 0.717) is 29.7 Å². The van der Waals surface area contributed by atoms with Crippen LogP contribution in [0.1, 0.15) is 18.4 Å². The molecule has 0 aliphatic carbocycles. The maximum atomic E-state index is 11.7. The summed E-state index contributed by atoms with van der Waals surface area (Å²) in [5.41, 5.74) is 1.71. The number of aromatic nitrogens is 2. The maximum absolute atomic E-state index is 11.7. The first-order valence-corrected chi connectivity index (χ1v) is 9.26. The van der Waals surface area contributed by atoms with Crippen LogP contribution < -0.4 is 10.1 Å². The number of methoxy groups -OCH3 is 1. The molecule has 0 saturated carbocycles. The van der Waals surface area contributed by atoms with Gasteiger partial charge in [-0.1, -0.05) is 23.2 Å². The normalized spacial score (nSPS) is 16.0. The monoisotopic (exact) mass is 424 g/mol. The van der Waals surface area contributed by atoms with Crippen LogP contribution >= 0.6 is 23.2 Å². The minimum Gasteiger partial charge on any atom is -0.481 e. The molecule has 148 valence electrons. The minimum absolute atomic E-state index is 0.0631. The number of hydrogen-bond acceptors (Lipinski definition) is 5. The minimum atomic E-state index is -1.09. The van der Waals surface area contributed by atoms with Crippen molar-refractivity contribution in [1.82, 2.24) is 20.2 Å². The highest BCUT2D eigenvalue weighted by Crippen LogP contribution is 2.32. The Labute approximate surface area is 171 Å². The van der Waals surface area contributed by atoms with Crippen LogP contribution in [0.2, 0.25) is 10.2 Å². The zero-order valence-corrected chi connectivity index (χ0v) is 16.5. The number of pyridine rings is 2. The van der Waals surface area contributed by atoms with Crippen molar-refractivity contribution in [1.29, 1.82) is 0 Å². The number of amides is 2. The van der Waals surface area contributed by atoms with Gasteiger partial charge in [-0.3, -0.25) is 4.79 Å². The first kappa shape index (κ1) is 20.2. The highest BCUT2D eigenvalue weighted by atomic mass is 35.5. The van der Waals surface area contributed by atoms with E-state index in [2.05, 4.69) is 15.3 Å². The van der Waals surface area contributed by atoms with E-state index < -0.39 is 6.09 Å². The van der Waals surface area contributed by atoms with Gasteiger partial charge in [-0.05, 0) is 24.6 Å². The van der Waals surface area contributed by atoms with Crippen LogP contribution in [0.25, 0.3) is 11.3 Å². The standard InChI is InChI=1S/C18H18Cl2N4O4/c1-28-17-10(8-24(18(26)27)9-11-3-5-14(25)22-11)2-4-13(23-17)12-6-7-21-16(20)15(12)19/h2,4,6-7,11H,3,5,8-9H2,1H3,(H,22,25)(H,26,27)/t11-/m0/s1. The molecule has 0 radical (unpaired) electrons. The number of nitrogens with one attached hydrogen (secondary N) is 1. The van der Waals surface area contributed by atoms with Crippen molar-refractivity contribution in [2.45, 2.75) is 25.4 Å². The maximum Gasteiger partial charge on any atom is 0.407 e. The van der Waals surface area contributed by atoms with Gasteiger partial charge in [0.25, 0.3) is 0 Å². The molecule has 2 N–H and O–H groups in total. The van der Waals surface area contributed by atoms with Crippen molar-refractivity contribution < 1.29 is 19.4 Å². The molecule has 1 saturated heterocycles. The van der Waals surface area contributed by atoms with E-state index in [1.165, 1.54) is 18.2 Å². The van der Waals surface area contributed by atoms with E-state index >= 15 is 0 Å². The first-order chi connectivity index (χ1) is 13.4. The zero-order chi connectivity index (χ0) is 20.3. The molecule has 0 unspecified atom stereocenters. The predicted octanol–water partition coefficient (Wildman–Crippen LogP) is 3.22. The third-order valence-electron chi connectivity index (χ3n) is 4.41. The van der Waals surface area contributed by atoms with Gasteiger partial charge in [-0.15, -0.1) is 0 Å². The van der Waals surface area contributed by atoms with Gasteiger partial charge < -0.3 is 20.1 Å². The summed E-state index contributed by atoms with van der Waals surface area (Å²) < 4.78 is 5.35. The lowest BCUT2D eigenvalue weighted by molar-refractivity contribution is -0.119. The molecule has 2 aromatic heterocycles. The number of carbonyl (C=O) groups is 2. The number of carboxylic acid groups (broad SMARTS) is 1. The van der Waals surface area contributed by atoms with Crippen LogP contribution in [0.3, 0.4) is 0 Å². The number of ether oxygens (including phenoxy) is 1. The van der Waals surface area contributed by atoms with Crippen LogP contribution in [0, 0.1) is 0 Å². The SMILES string of the molecule is COc1nc(-c2ccnc(Cl)c2Cl)ccc1CN(C[C@@H]1CCC(=O)N1)C(=O)O. The summed E-state index contributed by atoms with van der Waals surface area (Å²) in [6.07, 6.45) is 1.45. The van der Waals surface area contributed by atoms with Crippen molar-refractivity contribution >= 4 is 35.2 Å². The summed E-state index contributed by atoms with van der Waals surface area (Å²) in [6.45, 7) is 0.265. The largest absolute Gasteiger partial charge is 0.481 e. The average molecular weight is 425 g/mol. The fraction of sp³-hybridized carbons (Fsp3) is 0.333. The lowest BCUT2D eigenvalue weighted by atomic mass is 10.1. The van der Waals surface area contributed by atoms with Crippen LogP contribution in [-0.4, -0.2) is 51.7 Å². The molecule has 0 bridgehead atoms. The fourth-order valence-corrected chi connectivity index (χ4v) is 3.40. The van der Waals surface area contributed by atoms with Gasteiger partial charge in [0, 0.05) is 36.3 Å². The number of nitrogens with zero attached hydrogens (tertiary/aromatic N) is 3. The van der Waals surface area contributed by atoms with E-state index in [9.17, 15) is 14.7 Å². The molecule has 28 heavy (non-hydrogen) atoms. The van der Waals surface area contributed by atoms with Gasteiger partial charge in [0.15, 0.2) is 0 Å². The molecule has 2 amide bonds. The molecule has 1 fully saturated rings. The molecule has 1 atom stereocenters. The summed E-state index contributed by atoms with van der Waals surface area (Å²) in [5, 5.41) is 12.7. The van der Waals surface area contributed by atoms with Crippen molar-refractivity contribution in [3.05, 3.63) is 40.1 Å². The highest BCUT2D eigenvalue weighted by molar-refractivity contribution is 6.42. The fourth-order valence-electron chi connectivity index (χ4n) is 3.03. The van der Waals surface area contributed by atoms with Gasteiger partial charge in [0.05, 0.1) is 24.4 Å². The van der Waals surface area contributed by atoms with Gasteiger partial charge >= 0.3 is 6.09 Å². The van der Waals surface area contributed by atoms with E-state index in [-0.39, 0.29) is 41.1 Å². The second kappa shape index (κ2) is 8.62. The second-order valence-corrected chi connectivity index (χ2v) is 7.03. The van der Waals surface area contributed by atoms with Gasteiger partial charge in [-0.2, -0.15) is 0 Å². The van der Waals surface area contributed by atoms with Crippen LogP contribution in [0.4, 0.5) is 4.79 Å². The molecule has 8 nitrogen and oxygen atoms in total. The predicted molar refractivity (Wildman–Crippen MR) is 104 cm³/mol. The number of carbonyl (C=O) groups excluding carboxylic acids is 1. The average Bonchev–Trinajstić information content (AvgIpc) is 3.08. The van der Waals surface area contributed by atoms with E-state index in [1.54, 1.807) is 18.2 Å². The summed E-state index contributed by atoms with van der Waals surface area (Å²) in [4.78, 5) is 32.6. The quantitative estimate of drug-likeness (QED) is 0.689. The number of hydrogen-bond donors (Lipinski definition) is 2. The van der Waals surface area contributed by atoms with Crippen LogP contribution in [0.15, 0.2) is 24.4 Å². The van der Waals surface area contributed by atoms with E-state index in [4.69, 9.17) is 27.9 Å². The molecule has 3 rings (SSSR count). The Kier molecular flexibility index (Phi) is 6.21. The number of rotatable bonds is 6. The lowest BCUT2D eigenvalue weighted by Crippen LogP contribution is -2.41. The third-order valence-corrected chi connectivity index (χ3v) is 5.18. The number of halogens is 2. The first-order valence-electron chi connectivity index (χ1n) is 8.50. The molecular weight excluding hydrogens is 407 g/mol. The Morgan fingerprint density at radius 1 is 1.39 bits per heavy atom. The molecule has 0 spiro atoms. The molecule has 2 aromatic rings. The molecular formula is C18H18Cl2N4O4. The topological polar surface area (TPSA) is 105 Å².